The molecule has 2 heterocycles. The summed E-state index contributed by atoms with van der Waals surface area (Å²) in [6.07, 6.45) is 2.04. The van der Waals surface area contributed by atoms with Gasteiger partial charge in [0.05, 0.1) is 23.1 Å². The van der Waals surface area contributed by atoms with Crippen LogP contribution in [-0.2, 0) is 9.53 Å². The van der Waals surface area contributed by atoms with Gasteiger partial charge < -0.3 is 24.8 Å². The van der Waals surface area contributed by atoms with E-state index in [4.69, 9.17) is 14.2 Å². The van der Waals surface area contributed by atoms with Crippen molar-refractivity contribution in [3.05, 3.63) is 48.0 Å². The molecule has 30 heavy (non-hydrogen) atoms. The molecule has 2 aromatic carbocycles. The molecule has 0 aliphatic carbocycles. The molecule has 0 spiro atoms. The van der Waals surface area contributed by atoms with Crippen LogP contribution in [0.5, 0.6) is 11.5 Å². The molecule has 8 heteroatoms. The van der Waals surface area contributed by atoms with Crippen LogP contribution in [0.15, 0.2) is 47.4 Å². The summed E-state index contributed by atoms with van der Waals surface area (Å²) in [5, 5.41) is 5.74. The first-order chi connectivity index (χ1) is 14.7. The minimum Gasteiger partial charge on any atom is -0.486 e. The molecular formula is C22H24N2O5S. The van der Waals surface area contributed by atoms with Crippen molar-refractivity contribution < 1.29 is 23.8 Å². The highest BCUT2D eigenvalue weighted by atomic mass is 32.2. The molecule has 1 fully saturated rings. The zero-order valence-corrected chi connectivity index (χ0v) is 17.3. The van der Waals surface area contributed by atoms with Crippen molar-refractivity contribution in [2.75, 3.05) is 37.4 Å². The number of hydrogen-bond donors (Lipinski definition) is 2. The van der Waals surface area contributed by atoms with Gasteiger partial charge in [0.1, 0.15) is 13.2 Å². The molecular weight excluding hydrogens is 404 g/mol. The highest BCUT2D eigenvalue weighted by Crippen LogP contribution is 2.34. The van der Waals surface area contributed by atoms with E-state index in [-0.39, 0.29) is 23.7 Å². The Morgan fingerprint density at radius 2 is 1.87 bits per heavy atom. The molecule has 2 aliphatic rings. The minimum atomic E-state index is -0.221. The lowest BCUT2D eigenvalue weighted by atomic mass is 10.1. The average Bonchev–Trinajstić information content (AvgIpc) is 3.30. The molecule has 4 rings (SSSR count). The number of amides is 2. The Morgan fingerprint density at radius 3 is 2.70 bits per heavy atom. The molecule has 0 radical (unpaired) electrons. The van der Waals surface area contributed by atoms with Crippen LogP contribution in [0.25, 0.3) is 0 Å². The van der Waals surface area contributed by atoms with Crippen LogP contribution in [0.2, 0.25) is 0 Å². The Balaban J connectivity index is 1.32. The lowest BCUT2D eigenvalue weighted by molar-refractivity contribution is -0.113. The van der Waals surface area contributed by atoms with E-state index in [0.717, 1.165) is 30.1 Å². The van der Waals surface area contributed by atoms with Gasteiger partial charge in [0.25, 0.3) is 5.91 Å². The number of carbonyl (C=O) groups is 2. The zero-order valence-electron chi connectivity index (χ0n) is 16.5. The van der Waals surface area contributed by atoms with Gasteiger partial charge >= 0.3 is 0 Å². The van der Waals surface area contributed by atoms with E-state index in [9.17, 15) is 9.59 Å². The normalized spacial score (nSPS) is 17.4. The molecule has 0 saturated carbocycles. The number of thioether (sulfide) groups is 1. The summed E-state index contributed by atoms with van der Waals surface area (Å²) in [6.45, 7) is 2.28. The van der Waals surface area contributed by atoms with Crippen LogP contribution in [0.1, 0.15) is 23.2 Å². The van der Waals surface area contributed by atoms with Crippen molar-refractivity contribution in [1.29, 1.82) is 0 Å². The molecule has 1 unspecified atom stereocenters. The maximum Gasteiger partial charge on any atom is 0.253 e. The third-order valence-corrected chi connectivity index (χ3v) is 5.84. The maximum absolute atomic E-state index is 12.6. The highest BCUT2D eigenvalue weighted by Gasteiger charge is 2.19. The van der Waals surface area contributed by atoms with Gasteiger partial charge in [-0.1, -0.05) is 12.1 Å². The molecule has 2 aliphatic heterocycles. The number of rotatable bonds is 7. The van der Waals surface area contributed by atoms with Crippen LogP contribution < -0.4 is 20.1 Å². The van der Waals surface area contributed by atoms with E-state index in [1.165, 1.54) is 11.8 Å². The number of nitrogens with one attached hydrogen (secondary N) is 2. The second kappa shape index (κ2) is 9.86. The van der Waals surface area contributed by atoms with E-state index in [0.29, 0.717) is 36.8 Å². The summed E-state index contributed by atoms with van der Waals surface area (Å²) >= 11 is 1.40. The van der Waals surface area contributed by atoms with Crippen molar-refractivity contribution in [2.45, 2.75) is 23.8 Å². The summed E-state index contributed by atoms with van der Waals surface area (Å²) in [6, 6.07) is 12.6. The number of para-hydroxylation sites is 1. The van der Waals surface area contributed by atoms with Crippen LogP contribution in [0, 0.1) is 0 Å². The third-order valence-electron chi connectivity index (χ3n) is 4.84. The fourth-order valence-corrected chi connectivity index (χ4v) is 4.07. The van der Waals surface area contributed by atoms with Crippen LogP contribution in [-0.4, -0.2) is 50.0 Å². The van der Waals surface area contributed by atoms with Gasteiger partial charge in [-0.2, -0.15) is 0 Å². The van der Waals surface area contributed by atoms with E-state index < -0.39 is 0 Å². The van der Waals surface area contributed by atoms with Gasteiger partial charge in [-0.15, -0.1) is 11.8 Å². The van der Waals surface area contributed by atoms with Crippen LogP contribution >= 0.6 is 11.8 Å². The molecule has 7 nitrogen and oxygen atoms in total. The Kier molecular flexibility index (Phi) is 6.76. The number of ether oxygens (including phenoxy) is 3. The zero-order chi connectivity index (χ0) is 20.8. The van der Waals surface area contributed by atoms with E-state index in [2.05, 4.69) is 10.6 Å². The maximum atomic E-state index is 12.6. The van der Waals surface area contributed by atoms with Crippen molar-refractivity contribution in [2.24, 2.45) is 0 Å². The summed E-state index contributed by atoms with van der Waals surface area (Å²) in [7, 11) is 0. The SMILES string of the molecule is O=C(CSc1ccc2c(c1)OCCO2)Nc1ccccc1C(=O)NCC1CCCO1. The third kappa shape index (κ3) is 5.25. The lowest BCUT2D eigenvalue weighted by Crippen LogP contribution is -2.32. The van der Waals surface area contributed by atoms with Crippen molar-refractivity contribution in [3.8, 4) is 11.5 Å². The molecule has 158 valence electrons. The molecule has 2 N–H and O–H groups in total. The summed E-state index contributed by atoms with van der Waals surface area (Å²) < 4.78 is 16.6. The quantitative estimate of drug-likeness (QED) is 0.659. The molecule has 2 amide bonds. The fourth-order valence-electron chi connectivity index (χ4n) is 3.35. The Labute approximate surface area is 179 Å². The molecule has 1 saturated heterocycles. The standard InChI is InChI=1S/C22H24N2O5S/c25-21(14-30-16-7-8-19-20(12-16)29-11-10-28-19)24-18-6-2-1-5-17(18)22(26)23-13-15-4-3-9-27-15/h1-2,5-8,12,15H,3-4,9-11,13-14H2,(H,23,26)(H,24,25). The second-order valence-electron chi connectivity index (χ2n) is 7.03. The Hall–Kier alpha value is -2.71. The van der Waals surface area contributed by atoms with Crippen molar-refractivity contribution >= 4 is 29.3 Å². The van der Waals surface area contributed by atoms with Gasteiger partial charge in [0, 0.05) is 18.0 Å². The summed E-state index contributed by atoms with van der Waals surface area (Å²) in [5.41, 5.74) is 0.934. The molecule has 2 aromatic rings. The van der Waals surface area contributed by atoms with E-state index >= 15 is 0 Å². The summed E-state index contributed by atoms with van der Waals surface area (Å²) in [4.78, 5) is 26.0. The van der Waals surface area contributed by atoms with E-state index in [1.54, 1.807) is 24.3 Å². The average molecular weight is 429 g/mol. The Morgan fingerprint density at radius 1 is 1.03 bits per heavy atom. The van der Waals surface area contributed by atoms with Crippen molar-refractivity contribution in [3.63, 3.8) is 0 Å². The summed E-state index contributed by atoms with van der Waals surface area (Å²) in [5.74, 6) is 1.22. The molecule has 1 atom stereocenters. The second-order valence-corrected chi connectivity index (χ2v) is 8.08. The highest BCUT2D eigenvalue weighted by molar-refractivity contribution is 8.00. The Bertz CT molecular complexity index is 914. The number of hydrogen-bond acceptors (Lipinski definition) is 6. The van der Waals surface area contributed by atoms with Gasteiger partial charge in [-0.25, -0.2) is 0 Å². The lowest BCUT2D eigenvalue weighted by Gasteiger charge is -2.18. The first kappa shape index (κ1) is 20.6. The first-order valence-electron chi connectivity index (χ1n) is 10.0. The van der Waals surface area contributed by atoms with Gasteiger partial charge in [0.2, 0.25) is 5.91 Å². The van der Waals surface area contributed by atoms with Crippen LogP contribution in [0.3, 0.4) is 0 Å². The van der Waals surface area contributed by atoms with Gasteiger partial charge in [-0.3, -0.25) is 9.59 Å². The largest absolute Gasteiger partial charge is 0.486 e. The smallest absolute Gasteiger partial charge is 0.253 e. The predicted molar refractivity (Wildman–Crippen MR) is 115 cm³/mol. The minimum absolute atomic E-state index is 0.0677. The number of anilines is 1. The van der Waals surface area contributed by atoms with E-state index in [1.807, 2.05) is 18.2 Å². The number of carbonyl (C=O) groups excluding carboxylic acids is 2. The van der Waals surface area contributed by atoms with Crippen molar-refractivity contribution in [1.82, 2.24) is 5.32 Å². The first-order valence-corrected chi connectivity index (χ1v) is 11.0. The number of benzene rings is 2. The molecule has 0 bridgehead atoms. The van der Waals surface area contributed by atoms with Crippen LogP contribution in [0.4, 0.5) is 5.69 Å². The predicted octanol–water partition coefficient (Wildman–Crippen LogP) is 3.10. The van der Waals surface area contributed by atoms with Gasteiger partial charge in [0.15, 0.2) is 11.5 Å². The van der Waals surface area contributed by atoms with Gasteiger partial charge in [-0.05, 0) is 43.2 Å². The fraction of sp³-hybridized carbons (Fsp3) is 0.364. The number of fused-ring (bicyclic) bond motifs is 1. The monoisotopic (exact) mass is 428 g/mol. The topological polar surface area (TPSA) is 85.9 Å². The molecule has 0 aromatic heterocycles.